The third kappa shape index (κ3) is 7.74. The summed E-state index contributed by atoms with van der Waals surface area (Å²) in [6, 6.07) is 18.4. The van der Waals surface area contributed by atoms with Crippen LogP contribution in [0.2, 0.25) is 0 Å². The monoisotopic (exact) mass is 698 g/mol. The van der Waals surface area contributed by atoms with Gasteiger partial charge in [0, 0.05) is 0 Å². The summed E-state index contributed by atoms with van der Waals surface area (Å²) in [5.74, 6) is -14.8. The molecule has 0 radical (unpaired) electrons. The van der Waals surface area contributed by atoms with Crippen LogP contribution in [0.3, 0.4) is 0 Å². The fraction of sp³-hybridized carbons (Fsp3) is 0.250. The molecule has 0 spiro atoms. The molecular formula is C24H13F15O3S2. The molecular weight excluding hydrogens is 685 g/mol. The summed E-state index contributed by atoms with van der Waals surface area (Å²) < 4.78 is 212. The third-order valence-electron chi connectivity index (χ3n) is 5.24. The van der Waals surface area contributed by atoms with Gasteiger partial charge in [0.1, 0.15) is 0 Å². The fourth-order valence-electron chi connectivity index (χ4n) is 3.04. The summed E-state index contributed by atoms with van der Waals surface area (Å²) in [6.07, 6.45) is -16.1. The number of halogens is 15. The zero-order valence-corrected chi connectivity index (χ0v) is 22.3. The van der Waals surface area contributed by atoms with Crippen molar-refractivity contribution >= 4 is 21.0 Å². The highest BCUT2D eigenvalue weighted by Gasteiger charge is 2.83. The van der Waals surface area contributed by atoms with Crippen molar-refractivity contribution in [2.24, 2.45) is 0 Å². The van der Waals surface area contributed by atoms with Crippen LogP contribution in [-0.2, 0) is 33.4 Å². The molecule has 244 valence electrons. The Kier molecular flexibility index (Phi) is 10.4. The normalized spacial score (nSPS) is 13.8. The molecule has 0 aliphatic rings. The molecule has 3 aromatic carbocycles. The van der Waals surface area contributed by atoms with Crippen LogP contribution in [0, 0.1) is 0 Å². The van der Waals surface area contributed by atoms with E-state index in [-0.39, 0.29) is 0 Å². The average molecular weight is 698 g/mol. The van der Waals surface area contributed by atoms with Crippen LogP contribution in [0.15, 0.2) is 93.5 Å². The first-order valence-corrected chi connectivity index (χ1v) is 13.6. The van der Waals surface area contributed by atoms with E-state index in [4.69, 9.17) is 0 Å². The van der Waals surface area contributed by atoms with Gasteiger partial charge < -0.3 is 4.55 Å². The minimum atomic E-state index is -7.43. The smallest absolute Gasteiger partial charge is 0.460 e. The molecule has 0 amide bonds. The fourth-order valence-corrected chi connectivity index (χ4v) is 5.55. The zero-order chi connectivity index (χ0) is 34.2. The van der Waals surface area contributed by atoms with Gasteiger partial charge in [0.05, 0.1) is 22.0 Å². The molecule has 0 atom stereocenters. The zero-order valence-electron chi connectivity index (χ0n) is 20.7. The maximum absolute atomic E-state index is 12.8. The Hall–Kier alpha value is -3.13. The third-order valence-corrected chi connectivity index (χ3v) is 8.36. The van der Waals surface area contributed by atoms with Gasteiger partial charge in [-0.25, -0.2) is 8.42 Å². The van der Waals surface area contributed by atoms with Gasteiger partial charge in [-0.3, -0.25) is 0 Å². The van der Waals surface area contributed by atoms with E-state index in [1.54, 1.807) is 30.3 Å². The predicted octanol–water partition coefficient (Wildman–Crippen LogP) is 8.78. The van der Waals surface area contributed by atoms with E-state index in [0.717, 1.165) is 29.2 Å². The van der Waals surface area contributed by atoms with Crippen molar-refractivity contribution in [2.45, 2.75) is 50.3 Å². The standard InChI is InChI=1S/C20H13F6S.C4HF9O3S/c21-19(22,23)14-6-10-17(11-7-14)27(16-4-2-1-3-5-16)18-12-8-15(9-13-18)20(24,25)26;5-1(6,3(9,10)11)2(7,8)4(12,13)17(14,15)16/h1-13H;(H,14,15,16)/q+1;/p-1. The highest BCUT2D eigenvalue weighted by Crippen LogP contribution is 2.54. The second kappa shape index (κ2) is 12.3. The quantitative estimate of drug-likeness (QED) is 0.147. The first-order valence-electron chi connectivity index (χ1n) is 11.0. The molecule has 0 saturated heterocycles. The first kappa shape index (κ1) is 37.1. The van der Waals surface area contributed by atoms with Crippen molar-refractivity contribution in [1.82, 2.24) is 0 Å². The molecule has 0 heterocycles. The van der Waals surface area contributed by atoms with Gasteiger partial charge in [-0.05, 0) is 60.7 Å². The number of alkyl halides is 15. The van der Waals surface area contributed by atoms with Crippen molar-refractivity contribution in [3.8, 4) is 0 Å². The average Bonchev–Trinajstić information content (AvgIpc) is 2.88. The van der Waals surface area contributed by atoms with E-state index in [9.17, 15) is 78.8 Å². The van der Waals surface area contributed by atoms with E-state index in [1.165, 1.54) is 24.3 Å². The lowest BCUT2D eigenvalue weighted by Gasteiger charge is -2.34. The lowest BCUT2D eigenvalue weighted by Crippen LogP contribution is -2.63. The Labute approximate surface area is 240 Å². The van der Waals surface area contributed by atoms with Crippen molar-refractivity contribution in [2.75, 3.05) is 0 Å². The van der Waals surface area contributed by atoms with Gasteiger partial charge in [0.25, 0.3) is 0 Å². The minimum Gasteiger partial charge on any atom is -0.743 e. The Morgan fingerprint density at radius 3 is 1.07 bits per heavy atom. The number of benzene rings is 3. The molecule has 0 bridgehead atoms. The van der Waals surface area contributed by atoms with E-state index in [2.05, 4.69) is 0 Å². The maximum Gasteiger partial charge on any atom is 0.460 e. The lowest BCUT2D eigenvalue weighted by molar-refractivity contribution is -0.382. The second-order valence-corrected chi connectivity index (χ2v) is 11.7. The van der Waals surface area contributed by atoms with Crippen LogP contribution in [0.5, 0.6) is 0 Å². The van der Waals surface area contributed by atoms with Crippen LogP contribution in [0.4, 0.5) is 65.9 Å². The molecule has 0 aliphatic carbocycles. The maximum atomic E-state index is 12.8. The summed E-state index contributed by atoms with van der Waals surface area (Å²) in [7, 11) is -8.24. The van der Waals surface area contributed by atoms with Gasteiger partial charge >= 0.3 is 35.6 Å². The molecule has 3 rings (SSSR count). The number of hydrogen-bond acceptors (Lipinski definition) is 3. The van der Waals surface area contributed by atoms with Crippen molar-refractivity contribution < 1.29 is 78.8 Å². The van der Waals surface area contributed by atoms with Crippen molar-refractivity contribution in [1.29, 1.82) is 0 Å². The van der Waals surface area contributed by atoms with Gasteiger partial charge in [0.2, 0.25) is 0 Å². The highest BCUT2D eigenvalue weighted by atomic mass is 32.2. The van der Waals surface area contributed by atoms with Gasteiger partial charge in [-0.15, -0.1) is 0 Å². The molecule has 0 unspecified atom stereocenters. The number of hydrogen-bond donors (Lipinski definition) is 0. The number of rotatable bonds is 6. The van der Waals surface area contributed by atoms with Crippen LogP contribution >= 0.6 is 0 Å². The highest BCUT2D eigenvalue weighted by molar-refractivity contribution is 7.97. The first-order chi connectivity index (χ1) is 19.7. The summed E-state index contributed by atoms with van der Waals surface area (Å²) in [6.45, 7) is 0. The summed E-state index contributed by atoms with van der Waals surface area (Å²) in [5, 5.41) is -7.11. The Morgan fingerprint density at radius 1 is 0.477 bits per heavy atom. The molecule has 3 aromatic rings. The molecule has 0 fully saturated rings. The summed E-state index contributed by atoms with van der Waals surface area (Å²) >= 11 is 0. The van der Waals surface area contributed by atoms with Crippen LogP contribution in [0.1, 0.15) is 11.1 Å². The van der Waals surface area contributed by atoms with E-state index < -0.39 is 67.8 Å². The molecule has 3 nitrogen and oxygen atoms in total. The summed E-state index contributed by atoms with van der Waals surface area (Å²) in [5.41, 5.74) is -1.54. The molecule has 20 heteroatoms. The topological polar surface area (TPSA) is 57.2 Å². The van der Waals surface area contributed by atoms with Crippen LogP contribution in [0.25, 0.3) is 0 Å². The van der Waals surface area contributed by atoms with Gasteiger partial charge in [-0.1, -0.05) is 18.2 Å². The Morgan fingerprint density at radius 2 is 0.795 bits per heavy atom. The second-order valence-electron chi connectivity index (χ2n) is 8.28. The minimum absolute atomic E-state index is 0.592. The van der Waals surface area contributed by atoms with Crippen LogP contribution < -0.4 is 0 Å². The van der Waals surface area contributed by atoms with Gasteiger partial charge in [-0.2, -0.15) is 65.9 Å². The SMILES string of the molecule is FC(F)(F)c1ccc([S+](c2ccccc2)c2ccc(C(F)(F)F)cc2)cc1.O=S(=O)([O-])C(F)(F)C(F)(F)C(F)(F)C(F)(F)F. The molecule has 0 aromatic heterocycles. The largest absolute Gasteiger partial charge is 0.743 e. The van der Waals surface area contributed by atoms with Crippen molar-refractivity contribution in [3.63, 3.8) is 0 Å². The van der Waals surface area contributed by atoms with Gasteiger partial charge in [0.15, 0.2) is 24.8 Å². The van der Waals surface area contributed by atoms with Crippen LogP contribution in [-0.4, -0.2) is 36.2 Å². The van der Waals surface area contributed by atoms with Crippen molar-refractivity contribution in [3.05, 3.63) is 90.0 Å². The lowest BCUT2D eigenvalue weighted by atomic mass is 10.1. The van der Waals surface area contributed by atoms with E-state index in [1.807, 2.05) is 0 Å². The van der Waals surface area contributed by atoms with E-state index >= 15 is 0 Å². The predicted molar refractivity (Wildman–Crippen MR) is 122 cm³/mol. The molecule has 44 heavy (non-hydrogen) atoms. The van der Waals surface area contributed by atoms with E-state index in [0.29, 0.717) is 9.79 Å². The molecule has 0 aliphatic heterocycles. The summed E-state index contributed by atoms with van der Waals surface area (Å²) in [4.78, 5) is 1.99. The molecule has 0 saturated carbocycles. The Balaban J connectivity index is 0.000000345. The Bertz CT molecular complexity index is 1440. The molecule has 0 N–H and O–H groups in total.